The lowest BCUT2D eigenvalue weighted by molar-refractivity contribution is -0.140. The third kappa shape index (κ3) is 2.97. The Hall–Kier alpha value is -1.55. The summed E-state index contributed by atoms with van der Waals surface area (Å²) in [6.45, 7) is 0.402. The highest BCUT2D eigenvalue weighted by Crippen LogP contribution is 2.38. The van der Waals surface area contributed by atoms with Crippen molar-refractivity contribution in [2.45, 2.75) is 13.0 Å². The molecule has 0 heterocycles. The van der Waals surface area contributed by atoms with E-state index in [1.54, 1.807) is 12.1 Å². The van der Waals surface area contributed by atoms with E-state index in [0.717, 1.165) is 5.56 Å². The van der Waals surface area contributed by atoms with Crippen molar-refractivity contribution < 1.29 is 14.7 Å². The summed E-state index contributed by atoms with van der Waals surface area (Å²) in [7, 11) is 0. The molecule has 1 aromatic carbocycles. The Morgan fingerprint density at radius 2 is 1.94 bits per heavy atom. The number of nitrogens with one attached hydrogen (secondary N) is 1. The fourth-order valence-corrected chi connectivity index (χ4v) is 1.81. The Morgan fingerprint density at radius 3 is 2.47 bits per heavy atom. The number of benzene rings is 1. The number of carbonyl (C=O) groups is 2. The molecule has 0 spiro atoms. The standard InChI is InChI=1S/C12H12ClNO3/c13-8-3-1-7(2-4-8)6-14-11(15)9-5-10(9)12(16)17/h1-4,9-10H,5-6H2,(H,14,15)(H,16,17)/t9-,10-/m0/s1. The molecule has 0 radical (unpaired) electrons. The highest BCUT2D eigenvalue weighted by molar-refractivity contribution is 6.30. The molecule has 1 saturated carbocycles. The van der Waals surface area contributed by atoms with Crippen molar-refractivity contribution in [2.24, 2.45) is 11.8 Å². The van der Waals surface area contributed by atoms with Gasteiger partial charge < -0.3 is 10.4 Å². The van der Waals surface area contributed by atoms with Crippen LogP contribution in [0.5, 0.6) is 0 Å². The summed E-state index contributed by atoms with van der Waals surface area (Å²) in [4.78, 5) is 22.2. The van der Waals surface area contributed by atoms with Crippen LogP contribution in [0.25, 0.3) is 0 Å². The lowest BCUT2D eigenvalue weighted by Crippen LogP contribution is -2.25. The monoisotopic (exact) mass is 253 g/mol. The number of carboxylic acid groups (broad SMARTS) is 1. The fourth-order valence-electron chi connectivity index (χ4n) is 1.68. The summed E-state index contributed by atoms with van der Waals surface area (Å²) in [6, 6.07) is 7.15. The first-order valence-electron chi connectivity index (χ1n) is 5.33. The van der Waals surface area contributed by atoms with Gasteiger partial charge in [-0.05, 0) is 24.1 Å². The molecule has 0 aliphatic heterocycles. The zero-order valence-corrected chi connectivity index (χ0v) is 9.78. The highest BCUT2D eigenvalue weighted by atomic mass is 35.5. The van der Waals surface area contributed by atoms with Crippen LogP contribution in [-0.2, 0) is 16.1 Å². The van der Waals surface area contributed by atoms with Crippen LogP contribution in [0.15, 0.2) is 24.3 Å². The fraction of sp³-hybridized carbons (Fsp3) is 0.333. The van der Waals surface area contributed by atoms with E-state index in [4.69, 9.17) is 16.7 Å². The molecular formula is C12H12ClNO3. The molecule has 1 amide bonds. The second kappa shape index (κ2) is 4.75. The number of aliphatic carboxylic acids is 1. The van der Waals surface area contributed by atoms with Crippen LogP contribution >= 0.6 is 11.6 Å². The maximum Gasteiger partial charge on any atom is 0.307 e. The predicted octanol–water partition coefficient (Wildman–Crippen LogP) is 1.68. The Morgan fingerprint density at radius 1 is 1.29 bits per heavy atom. The van der Waals surface area contributed by atoms with Crippen LogP contribution in [-0.4, -0.2) is 17.0 Å². The second-order valence-corrected chi connectivity index (χ2v) is 4.57. The number of halogens is 1. The maximum atomic E-state index is 11.6. The molecule has 0 aromatic heterocycles. The molecule has 0 unspecified atom stereocenters. The lowest BCUT2D eigenvalue weighted by atomic mass is 10.2. The van der Waals surface area contributed by atoms with Crippen molar-refractivity contribution in [2.75, 3.05) is 0 Å². The zero-order valence-electron chi connectivity index (χ0n) is 9.02. The van der Waals surface area contributed by atoms with Crippen molar-refractivity contribution in [3.63, 3.8) is 0 Å². The van der Waals surface area contributed by atoms with Gasteiger partial charge in [0.05, 0.1) is 11.8 Å². The summed E-state index contributed by atoms with van der Waals surface area (Å²) in [6.07, 6.45) is 0.446. The molecule has 1 aliphatic carbocycles. The van der Waals surface area contributed by atoms with Gasteiger partial charge in [-0.15, -0.1) is 0 Å². The summed E-state index contributed by atoms with van der Waals surface area (Å²) in [5.74, 6) is -1.94. The van der Waals surface area contributed by atoms with Crippen LogP contribution in [0.1, 0.15) is 12.0 Å². The number of hydrogen-bond donors (Lipinski definition) is 2. The molecule has 0 saturated heterocycles. The minimum atomic E-state index is -0.892. The Balaban J connectivity index is 1.81. The van der Waals surface area contributed by atoms with Gasteiger partial charge in [0.1, 0.15) is 0 Å². The van der Waals surface area contributed by atoms with E-state index >= 15 is 0 Å². The van der Waals surface area contributed by atoms with Crippen LogP contribution in [0.2, 0.25) is 5.02 Å². The molecule has 2 atom stereocenters. The average Bonchev–Trinajstić information content (AvgIpc) is 3.08. The highest BCUT2D eigenvalue weighted by Gasteiger charge is 2.48. The molecule has 0 bridgehead atoms. The topological polar surface area (TPSA) is 66.4 Å². The number of hydrogen-bond acceptors (Lipinski definition) is 2. The van der Waals surface area contributed by atoms with Gasteiger partial charge in [0, 0.05) is 11.6 Å². The number of rotatable bonds is 4. The van der Waals surface area contributed by atoms with Gasteiger partial charge in [-0.1, -0.05) is 23.7 Å². The summed E-state index contributed by atoms with van der Waals surface area (Å²) in [5.41, 5.74) is 0.940. The Labute approximate surface area is 104 Å². The lowest BCUT2D eigenvalue weighted by Gasteiger charge is -2.04. The summed E-state index contributed by atoms with van der Waals surface area (Å²) in [5, 5.41) is 12.1. The molecule has 1 aliphatic rings. The van der Waals surface area contributed by atoms with Crippen LogP contribution in [0.3, 0.4) is 0 Å². The third-order valence-corrected chi connectivity index (χ3v) is 3.08. The molecule has 1 fully saturated rings. The van der Waals surface area contributed by atoms with E-state index in [9.17, 15) is 9.59 Å². The van der Waals surface area contributed by atoms with Crippen molar-refractivity contribution >= 4 is 23.5 Å². The van der Waals surface area contributed by atoms with Crippen LogP contribution in [0.4, 0.5) is 0 Å². The van der Waals surface area contributed by atoms with Gasteiger partial charge in [0.25, 0.3) is 0 Å². The molecule has 2 N–H and O–H groups in total. The Kier molecular flexibility index (Phi) is 3.33. The average molecular weight is 254 g/mol. The van der Waals surface area contributed by atoms with Crippen molar-refractivity contribution in [3.8, 4) is 0 Å². The van der Waals surface area contributed by atoms with Crippen molar-refractivity contribution in [1.82, 2.24) is 5.32 Å². The molecule has 17 heavy (non-hydrogen) atoms. The minimum absolute atomic E-state index is 0.188. The van der Waals surface area contributed by atoms with E-state index in [1.165, 1.54) is 0 Å². The van der Waals surface area contributed by atoms with Gasteiger partial charge in [-0.3, -0.25) is 9.59 Å². The van der Waals surface area contributed by atoms with E-state index in [2.05, 4.69) is 5.32 Å². The maximum absolute atomic E-state index is 11.6. The SMILES string of the molecule is O=C(O)[C@H]1C[C@@H]1C(=O)NCc1ccc(Cl)cc1. The minimum Gasteiger partial charge on any atom is -0.481 e. The Bertz CT molecular complexity index is 444. The molecule has 90 valence electrons. The number of amides is 1. The normalized spacial score (nSPS) is 21.9. The molecule has 1 aromatic rings. The van der Waals surface area contributed by atoms with E-state index in [1.807, 2.05) is 12.1 Å². The number of carbonyl (C=O) groups excluding carboxylic acids is 1. The number of carboxylic acids is 1. The summed E-state index contributed by atoms with van der Waals surface area (Å²) >= 11 is 5.74. The van der Waals surface area contributed by atoms with Crippen LogP contribution < -0.4 is 5.32 Å². The van der Waals surface area contributed by atoms with Gasteiger partial charge in [-0.2, -0.15) is 0 Å². The van der Waals surface area contributed by atoms with E-state index in [-0.39, 0.29) is 11.8 Å². The first-order chi connectivity index (χ1) is 8.08. The molecule has 2 rings (SSSR count). The van der Waals surface area contributed by atoms with Crippen molar-refractivity contribution in [3.05, 3.63) is 34.9 Å². The molecular weight excluding hydrogens is 242 g/mol. The largest absolute Gasteiger partial charge is 0.481 e. The smallest absolute Gasteiger partial charge is 0.307 e. The van der Waals surface area contributed by atoms with Crippen molar-refractivity contribution in [1.29, 1.82) is 0 Å². The predicted molar refractivity (Wildman–Crippen MR) is 62.5 cm³/mol. The van der Waals surface area contributed by atoms with Crippen LogP contribution in [0, 0.1) is 11.8 Å². The molecule has 4 nitrogen and oxygen atoms in total. The van der Waals surface area contributed by atoms with Gasteiger partial charge >= 0.3 is 5.97 Å². The second-order valence-electron chi connectivity index (χ2n) is 4.13. The van der Waals surface area contributed by atoms with Gasteiger partial charge in [0.15, 0.2) is 0 Å². The van der Waals surface area contributed by atoms with Gasteiger partial charge in [0.2, 0.25) is 5.91 Å². The first-order valence-corrected chi connectivity index (χ1v) is 5.70. The molecule has 5 heteroatoms. The quantitative estimate of drug-likeness (QED) is 0.858. The van der Waals surface area contributed by atoms with Gasteiger partial charge in [-0.25, -0.2) is 0 Å². The van der Waals surface area contributed by atoms with E-state index in [0.29, 0.717) is 18.0 Å². The summed E-state index contributed by atoms with van der Waals surface area (Å²) < 4.78 is 0. The van der Waals surface area contributed by atoms with E-state index < -0.39 is 11.9 Å². The zero-order chi connectivity index (χ0) is 12.4. The first kappa shape index (κ1) is 11.9. The third-order valence-electron chi connectivity index (χ3n) is 2.82.